The van der Waals surface area contributed by atoms with Crippen molar-refractivity contribution >= 4 is 11.6 Å². The first-order valence-corrected chi connectivity index (χ1v) is 5.02. The molecule has 0 aliphatic carbocycles. The summed E-state index contributed by atoms with van der Waals surface area (Å²) in [5.74, 6) is -0.317. The summed E-state index contributed by atoms with van der Waals surface area (Å²) in [5.41, 5.74) is 12.6. The molecule has 0 aromatic heterocycles. The van der Waals surface area contributed by atoms with Crippen LogP contribution < -0.4 is 16.8 Å². The first-order chi connectivity index (χ1) is 7.18. The van der Waals surface area contributed by atoms with Gasteiger partial charge in [-0.15, -0.1) is 0 Å². The Morgan fingerprint density at radius 2 is 1.93 bits per heavy atom. The zero-order chi connectivity index (χ0) is 11.1. The second-order valence-corrected chi connectivity index (χ2v) is 3.49. The minimum Gasteiger partial charge on any atom is -0.399 e. The third kappa shape index (κ3) is 5.02. The SMILES string of the molecule is NC(=O)CNCCCc1ccc(N)cc1. The third-order valence-corrected chi connectivity index (χ3v) is 2.10. The number of carbonyl (C=O) groups is 1. The maximum absolute atomic E-state index is 10.4. The number of primary amides is 1. The summed E-state index contributed by atoms with van der Waals surface area (Å²) in [6.07, 6.45) is 1.96. The Morgan fingerprint density at radius 1 is 1.27 bits per heavy atom. The molecule has 0 spiro atoms. The van der Waals surface area contributed by atoms with Crippen molar-refractivity contribution in [1.29, 1.82) is 0 Å². The molecule has 0 aliphatic rings. The maximum atomic E-state index is 10.4. The standard InChI is InChI=1S/C11H17N3O/c12-10-5-3-9(4-6-10)2-1-7-14-8-11(13)15/h3-6,14H,1-2,7-8,12H2,(H2,13,15). The second kappa shape index (κ2) is 6.03. The summed E-state index contributed by atoms with van der Waals surface area (Å²) < 4.78 is 0. The van der Waals surface area contributed by atoms with Gasteiger partial charge in [-0.2, -0.15) is 0 Å². The van der Waals surface area contributed by atoms with Gasteiger partial charge in [0.05, 0.1) is 6.54 Å². The van der Waals surface area contributed by atoms with Crippen LogP contribution in [-0.2, 0) is 11.2 Å². The Balaban J connectivity index is 2.15. The van der Waals surface area contributed by atoms with E-state index in [0.717, 1.165) is 25.1 Å². The van der Waals surface area contributed by atoms with Crippen molar-refractivity contribution in [2.45, 2.75) is 12.8 Å². The van der Waals surface area contributed by atoms with Crippen LogP contribution in [0.25, 0.3) is 0 Å². The first kappa shape index (κ1) is 11.5. The van der Waals surface area contributed by atoms with Crippen LogP contribution in [0.2, 0.25) is 0 Å². The van der Waals surface area contributed by atoms with Gasteiger partial charge in [-0.1, -0.05) is 12.1 Å². The van der Waals surface area contributed by atoms with Gasteiger partial charge in [0.2, 0.25) is 5.91 Å². The van der Waals surface area contributed by atoms with E-state index in [-0.39, 0.29) is 12.5 Å². The molecule has 0 bridgehead atoms. The van der Waals surface area contributed by atoms with Crippen molar-refractivity contribution in [2.75, 3.05) is 18.8 Å². The number of nitrogen functional groups attached to an aromatic ring is 1. The van der Waals surface area contributed by atoms with Crippen LogP contribution in [0.3, 0.4) is 0 Å². The van der Waals surface area contributed by atoms with Crippen LogP contribution in [-0.4, -0.2) is 19.0 Å². The van der Waals surface area contributed by atoms with E-state index in [4.69, 9.17) is 11.5 Å². The number of nitrogens with one attached hydrogen (secondary N) is 1. The topological polar surface area (TPSA) is 81.1 Å². The highest BCUT2D eigenvalue weighted by Crippen LogP contribution is 2.06. The second-order valence-electron chi connectivity index (χ2n) is 3.49. The molecule has 4 heteroatoms. The third-order valence-electron chi connectivity index (χ3n) is 2.10. The van der Waals surface area contributed by atoms with E-state index in [1.165, 1.54) is 5.56 Å². The lowest BCUT2D eigenvalue weighted by Crippen LogP contribution is -2.29. The fourth-order valence-corrected chi connectivity index (χ4v) is 1.31. The Bertz CT molecular complexity index is 308. The molecule has 4 nitrogen and oxygen atoms in total. The lowest BCUT2D eigenvalue weighted by molar-refractivity contribution is -0.117. The summed E-state index contributed by atoms with van der Waals surface area (Å²) >= 11 is 0. The van der Waals surface area contributed by atoms with Gasteiger partial charge < -0.3 is 16.8 Å². The molecule has 0 unspecified atom stereocenters. The number of rotatable bonds is 6. The number of anilines is 1. The molecule has 0 atom stereocenters. The van der Waals surface area contributed by atoms with Gasteiger partial charge in [0.15, 0.2) is 0 Å². The predicted octanol–water partition coefficient (Wildman–Crippen LogP) is 0.276. The molecule has 82 valence electrons. The van der Waals surface area contributed by atoms with Gasteiger partial charge >= 0.3 is 0 Å². The van der Waals surface area contributed by atoms with Crippen LogP contribution in [0, 0.1) is 0 Å². The van der Waals surface area contributed by atoms with Gasteiger partial charge in [-0.25, -0.2) is 0 Å². The number of benzene rings is 1. The lowest BCUT2D eigenvalue weighted by atomic mass is 10.1. The zero-order valence-electron chi connectivity index (χ0n) is 8.70. The molecule has 1 aromatic carbocycles. The quantitative estimate of drug-likeness (QED) is 0.463. The van der Waals surface area contributed by atoms with Crippen LogP contribution in [0.15, 0.2) is 24.3 Å². The minimum atomic E-state index is -0.317. The highest BCUT2D eigenvalue weighted by atomic mass is 16.1. The van der Waals surface area contributed by atoms with Crippen molar-refractivity contribution in [3.63, 3.8) is 0 Å². The molecule has 0 radical (unpaired) electrons. The van der Waals surface area contributed by atoms with Crippen LogP contribution in [0.1, 0.15) is 12.0 Å². The number of hydrogen-bond acceptors (Lipinski definition) is 3. The van der Waals surface area contributed by atoms with Gasteiger partial charge in [0, 0.05) is 5.69 Å². The number of aryl methyl sites for hydroxylation is 1. The lowest BCUT2D eigenvalue weighted by Gasteiger charge is -2.03. The van der Waals surface area contributed by atoms with Crippen molar-refractivity contribution in [2.24, 2.45) is 5.73 Å². The number of carbonyl (C=O) groups excluding carboxylic acids is 1. The van der Waals surface area contributed by atoms with E-state index in [0.29, 0.717) is 0 Å². The average Bonchev–Trinajstić information content (AvgIpc) is 2.20. The van der Waals surface area contributed by atoms with E-state index in [1.807, 2.05) is 24.3 Å². The van der Waals surface area contributed by atoms with E-state index in [1.54, 1.807) is 0 Å². The fourth-order valence-electron chi connectivity index (χ4n) is 1.31. The van der Waals surface area contributed by atoms with E-state index in [9.17, 15) is 4.79 Å². The molecule has 1 rings (SSSR count). The molecular formula is C11H17N3O. The smallest absolute Gasteiger partial charge is 0.231 e. The fraction of sp³-hybridized carbons (Fsp3) is 0.364. The van der Waals surface area contributed by atoms with Crippen molar-refractivity contribution in [1.82, 2.24) is 5.32 Å². The molecule has 0 saturated carbocycles. The molecule has 5 N–H and O–H groups in total. The highest BCUT2D eigenvalue weighted by Gasteiger charge is 1.95. The molecule has 1 amide bonds. The number of amides is 1. The van der Waals surface area contributed by atoms with E-state index < -0.39 is 0 Å². The summed E-state index contributed by atoms with van der Waals surface area (Å²) in [4.78, 5) is 10.4. The summed E-state index contributed by atoms with van der Waals surface area (Å²) in [6, 6.07) is 7.82. The average molecular weight is 207 g/mol. The van der Waals surface area contributed by atoms with E-state index >= 15 is 0 Å². The summed E-state index contributed by atoms with van der Waals surface area (Å²) in [5, 5.41) is 2.97. The largest absolute Gasteiger partial charge is 0.399 e. The monoisotopic (exact) mass is 207 g/mol. The maximum Gasteiger partial charge on any atom is 0.231 e. The number of nitrogens with two attached hydrogens (primary N) is 2. The predicted molar refractivity (Wildman–Crippen MR) is 61.2 cm³/mol. The molecular weight excluding hydrogens is 190 g/mol. The highest BCUT2D eigenvalue weighted by molar-refractivity contribution is 5.75. The van der Waals surface area contributed by atoms with Gasteiger partial charge in [-0.05, 0) is 37.1 Å². The Kier molecular flexibility index (Phi) is 4.63. The Hall–Kier alpha value is -1.55. The van der Waals surface area contributed by atoms with Crippen molar-refractivity contribution < 1.29 is 4.79 Å². The molecule has 1 aromatic rings. The van der Waals surface area contributed by atoms with Crippen molar-refractivity contribution in [3.05, 3.63) is 29.8 Å². The number of hydrogen-bond donors (Lipinski definition) is 3. The normalized spacial score (nSPS) is 10.1. The molecule has 0 heterocycles. The molecule has 0 saturated heterocycles. The molecule has 0 aliphatic heterocycles. The first-order valence-electron chi connectivity index (χ1n) is 5.02. The summed E-state index contributed by atoms with van der Waals surface area (Å²) in [7, 11) is 0. The van der Waals surface area contributed by atoms with Crippen LogP contribution in [0.4, 0.5) is 5.69 Å². The molecule has 0 fully saturated rings. The van der Waals surface area contributed by atoms with Gasteiger partial charge in [0.1, 0.15) is 0 Å². The molecule has 15 heavy (non-hydrogen) atoms. The Labute approximate surface area is 89.6 Å². The van der Waals surface area contributed by atoms with Crippen LogP contribution in [0.5, 0.6) is 0 Å². The summed E-state index contributed by atoms with van der Waals surface area (Å²) in [6.45, 7) is 1.05. The van der Waals surface area contributed by atoms with Gasteiger partial charge in [0.25, 0.3) is 0 Å². The Morgan fingerprint density at radius 3 is 2.53 bits per heavy atom. The van der Waals surface area contributed by atoms with E-state index in [2.05, 4.69) is 5.32 Å². The minimum absolute atomic E-state index is 0.252. The van der Waals surface area contributed by atoms with Crippen LogP contribution >= 0.6 is 0 Å². The van der Waals surface area contributed by atoms with Gasteiger partial charge in [-0.3, -0.25) is 4.79 Å². The van der Waals surface area contributed by atoms with Crippen molar-refractivity contribution in [3.8, 4) is 0 Å². The zero-order valence-corrected chi connectivity index (χ0v) is 8.70.